The van der Waals surface area contributed by atoms with Crippen LogP contribution in [0.5, 0.6) is 0 Å². The lowest BCUT2D eigenvalue weighted by atomic mass is 9.97. The number of rotatable bonds is 3. The molecule has 0 radical (unpaired) electrons. The van der Waals surface area contributed by atoms with E-state index in [1.807, 2.05) is 66.7 Å². The second-order valence-corrected chi connectivity index (χ2v) is 9.97. The fourth-order valence-corrected chi connectivity index (χ4v) is 5.57. The van der Waals surface area contributed by atoms with Gasteiger partial charge in [0.1, 0.15) is 11.2 Å². The quantitative estimate of drug-likeness (QED) is 0.171. The number of hydrogen-bond acceptors (Lipinski definition) is 4. The van der Waals surface area contributed by atoms with E-state index < -0.39 is 0 Å². The van der Waals surface area contributed by atoms with Crippen molar-refractivity contribution in [2.45, 2.75) is 0 Å². The lowest BCUT2D eigenvalue weighted by molar-refractivity contribution is 0.669. The van der Waals surface area contributed by atoms with E-state index in [0.717, 1.165) is 44.0 Å². The van der Waals surface area contributed by atoms with Gasteiger partial charge in [0.05, 0.1) is 6.57 Å². The van der Waals surface area contributed by atoms with Gasteiger partial charge in [0, 0.05) is 32.8 Å². The van der Waals surface area contributed by atoms with Gasteiger partial charge in [0.15, 0.2) is 23.2 Å². The molecule has 0 amide bonds. The van der Waals surface area contributed by atoms with E-state index in [9.17, 15) is 0 Å². The van der Waals surface area contributed by atoms with Crippen molar-refractivity contribution in [1.82, 2.24) is 15.0 Å². The van der Waals surface area contributed by atoms with Crippen molar-refractivity contribution >= 4 is 49.2 Å². The van der Waals surface area contributed by atoms with Crippen LogP contribution in [0.3, 0.4) is 0 Å². The Morgan fingerprint density at radius 3 is 1.98 bits per heavy atom. The first-order chi connectivity index (χ1) is 20.2. The molecule has 5 heteroatoms. The van der Waals surface area contributed by atoms with Crippen LogP contribution >= 0.6 is 0 Å². The smallest absolute Gasteiger partial charge is 0.187 e. The highest BCUT2D eigenvalue weighted by atomic mass is 16.3. The van der Waals surface area contributed by atoms with Crippen molar-refractivity contribution in [3.8, 4) is 34.2 Å². The lowest BCUT2D eigenvalue weighted by Gasteiger charge is -2.09. The molecule has 0 N–H and O–H groups in total. The summed E-state index contributed by atoms with van der Waals surface area (Å²) in [5, 5.41) is 6.81. The fourth-order valence-electron chi connectivity index (χ4n) is 5.57. The van der Waals surface area contributed by atoms with E-state index >= 15 is 0 Å². The minimum absolute atomic E-state index is 0.521. The number of fused-ring (bicyclic) bond motifs is 7. The largest absolute Gasteiger partial charge is 0.456 e. The molecule has 0 bridgehead atoms. The predicted octanol–water partition coefficient (Wildman–Crippen LogP) is 9.63. The van der Waals surface area contributed by atoms with Gasteiger partial charge in [0.2, 0.25) is 0 Å². The highest BCUT2D eigenvalue weighted by Gasteiger charge is 2.17. The minimum Gasteiger partial charge on any atom is -0.456 e. The van der Waals surface area contributed by atoms with Crippen molar-refractivity contribution in [3.05, 3.63) is 133 Å². The summed E-state index contributed by atoms with van der Waals surface area (Å²) in [6.07, 6.45) is 0. The molecule has 0 atom stereocenters. The van der Waals surface area contributed by atoms with E-state index in [1.54, 1.807) is 6.07 Å². The van der Waals surface area contributed by atoms with Crippen LogP contribution in [0, 0.1) is 6.57 Å². The SMILES string of the molecule is [C-]#[N+]c1cccc(-c2nc(-c3ccccc3)nc(-c3ccc4oc5ccc6ccc7ccccc7c6c5c4c3)n2)c1. The molecule has 0 saturated heterocycles. The van der Waals surface area contributed by atoms with E-state index in [0.29, 0.717) is 23.2 Å². The highest BCUT2D eigenvalue weighted by molar-refractivity contribution is 6.26. The van der Waals surface area contributed by atoms with Crippen molar-refractivity contribution in [1.29, 1.82) is 0 Å². The van der Waals surface area contributed by atoms with Gasteiger partial charge >= 0.3 is 0 Å². The molecule has 0 unspecified atom stereocenters. The van der Waals surface area contributed by atoms with Crippen LogP contribution < -0.4 is 0 Å². The maximum absolute atomic E-state index is 7.45. The van der Waals surface area contributed by atoms with Gasteiger partial charge in [-0.1, -0.05) is 91.0 Å². The third-order valence-electron chi connectivity index (χ3n) is 7.50. The Morgan fingerprint density at radius 1 is 0.488 bits per heavy atom. The molecule has 0 aliphatic carbocycles. The van der Waals surface area contributed by atoms with E-state index in [1.165, 1.54) is 16.2 Å². The summed E-state index contributed by atoms with van der Waals surface area (Å²) in [4.78, 5) is 18.2. The second kappa shape index (κ2) is 9.11. The van der Waals surface area contributed by atoms with Crippen molar-refractivity contribution in [2.24, 2.45) is 0 Å². The third kappa shape index (κ3) is 3.82. The molecular weight excluding hydrogens is 504 g/mol. The molecule has 41 heavy (non-hydrogen) atoms. The Morgan fingerprint density at radius 2 is 1.15 bits per heavy atom. The highest BCUT2D eigenvalue weighted by Crippen LogP contribution is 2.39. The molecule has 2 heterocycles. The van der Waals surface area contributed by atoms with Gasteiger partial charge in [-0.2, -0.15) is 0 Å². The number of hydrogen-bond donors (Lipinski definition) is 0. The molecule has 8 rings (SSSR count). The summed E-state index contributed by atoms with van der Waals surface area (Å²) in [6, 6.07) is 40.3. The summed E-state index contributed by atoms with van der Waals surface area (Å²) in [6.45, 7) is 7.45. The maximum Gasteiger partial charge on any atom is 0.187 e. The standard InChI is InChI=1S/C36H20N4O/c1-37-27-12-7-11-25(20-27)35-38-34(24-9-3-2-4-10-24)39-36(40-35)26-17-18-30-29(21-26)33-31(41-30)19-16-23-15-14-22-8-5-6-13-28(22)32(23)33/h2-21H. The van der Waals surface area contributed by atoms with Crippen LogP contribution in [-0.4, -0.2) is 15.0 Å². The zero-order valence-electron chi connectivity index (χ0n) is 21.7. The molecule has 0 saturated carbocycles. The first kappa shape index (κ1) is 23.1. The maximum atomic E-state index is 7.45. The van der Waals surface area contributed by atoms with Gasteiger partial charge in [0.25, 0.3) is 0 Å². The van der Waals surface area contributed by atoms with Crippen LogP contribution in [0.1, 0.15) is 0 Å². The normalized spacial score (nSPS) is 11.4. The Kier molecular flexibility index (Phi) is 5.13. The minimum atomic E-state index is 0.521. The van der Waals surface area contributed by atoms with Crippen LogP contribution in [-0.2, 0) is 0 Å². The molecule has 8 aromatic rings. The predicted molar refractivity (Wildman–Crippen MR) is 165 cm³/mol. The van der Waals surface area contributed by atoms with E-state index in [4.69, 9.17) is 25.9 Å². The van der Waals surface area contributed by atoms with Gasteiger partial charge in [-0.15, -0.1) is 0 Å². The summed E-state index contributed by atoms with van der Waals surface area (Å²) >= 11 is 0. The number of furan rings is 1. The Hall–Kier alpha value is -5.86. The molecule has 6 aromatic carbocycles. The second-order valence-electron chi connectivity index (χ2n) is 9.97. The summed E-state index contributed by atoms with van der Waals surface area (Å²) in [5.74, 6) is 1.66. The van der Waals surface area contributed by atoms with E-state index in [-0.39, 0.29) is 0 Å². The van der Waals surface area contributed by atoms with Crippen LogP contribution in [0.2, 0.25) is 0 Å². The van der Waals surface area contributed by atoms with Crippen LogP contribution in [0.15, 0.2) is 126 Å². The zero-order valence-corrected chi connectivity index (χ0v) is 21.7. The lowest BCUT2D eigenvalue weighted by Crippen LogP contribution is -2.00. The Labute approximate surface area is 235 Å². The molecule has 0 aliphatic rings. The zero-order chi connectivity index (χ0) is 27.3. The Balaban J connectivity index is 1.40. The number of benzene rings is 6. The summed E-state index contributed by atoms with van der Waals surface area (Å²) in [5.41, 5.74) is 4.72. The average Bonchev–Trinajstić information content (AvgIpc) is 3.43. The molecule has 2 aromatic heterocycles. The molecule has 0 aliphatic heterocycles. The van der Waals surface area contributed by atoms with Crippen LogP contribution in [0.25, 0.3) is 82.5 Å². The summed E-state index contributed by atoms with van der Waals surface area (Å²) in [7, 11) is 0. The fraction of sp³-hybridized carbons (Fsp3) is 0. The molecule has 190 valence electrons. The van der Waals surface area contributed by atoms with Gasteiger partial charge in [-0.25, -0.2) is 19.8 Å². The molecule has 0 spiro atoms. The molecule has 0 fully saturated rings. The first-order valence-electron chi connectivity index (χ1n) is 13.3. The van der Waals surface area contributed by atoms with Gasteiger partial charge in [-0.05, 0) is 46.5 Å². The van der Waals surface area contributed by atoms with Crippen molar-refractivity contribution in [3.63, 3.8) is 0 Å². The van der Waals surface area contributed by atoms with Gasteiger partial charge < -0.3 is 4.42 Å². The topological polar surface area (TPSA) is 56.2 Å². The van der Waals surface area contributed by atoms with Crippen LogP contribution in [0.4, 0.5) is 5.69 Å². The van der Waals surface area contributed by atoms with Crippen molar-refractivity contribution in [2.75, 3.05) is 0 Å². The molecular formula is C36H20N4O. The summed E-state index contributed by atoms with van der Waals surface area (Å²) < 4.78 is 6.33. The molecule has 5 nitrogen and oxygen atoms in total. The van der Waals surface area contributed by atoms with E-state index in [2.05, 4.69) is 53.4 Å². The third-order valence-corrected chi connectivity index (χ3v) is 7.50. The number of nitrogens with zero attached hydrogens (tertiary/aromatic N) is 4. The van der Waals surface area contributed by atoms with Crippen molar-refractivity contribution < 1.29 is 4.42 Å². The first-order valence-corrected chi connectivity index (χ1v) is 13.3. The Bertz CT molecular complexity index is 2330. The average molecular weight is 525 g/mol. The number of aromatic nitrogens is 3. The monoisotopic (exact) mass is 524 g/mol. The van der Waals surface area contributed by atoms with Gasteiger partial charge in [-0.3, -0.25) is 0 Å².